The first-order valence-electron chi connectivity index (χ1n) is 5.03. The summed E-state index contributed by atoms with van der Waals surface area (Å²) in [6, 6.07) is 0.542. The predicted molar refractivity (Wildman–Crippen MR) is 60.1 cm³/mol. The van der Waals surface area contributed by atoms with Gasteiger partial charge in [0.15, 0.2) is 0 Å². The molecule has 0 saturated heterocycles. The van der Waals surface area contributed by atoms with Gasteiger partial charge in [0.2, 0.25) is 0 Å². The molecule has 1 aromatic rings. The van der Waals surface area contributed by atoms with E-state index in [4.69, 9.17) is 4.74 Å². The maximum Gasteiger partial charge on any atom is 0.273 e. The van der Waals surface area contributed by atoms with Crippen LogP contribution in [-0.2, 0) is 6.42 Å². The highest BCUT2D eigenvalue weighted by molar-refractivity contribution is 7.11. The van der Waals surface area contributed by atoms with E-state index in [1.54, 1.807) is 11.3 Å². The van der Waals surface area contributed by atoms with Gasteiger partial charge in [-0.3, -0.25) is 0 Å². The number of hydrogen-bond acceptors (Lipinski definition) is 4. The van der Waals surface area contributed by atoms with Crippen molar-refractivity contribution in [3.8, 4) is 5.19 Å². The molecule has 1 rings (SSSR count). The Labute approximate surface area is 89.5 Å². The van der Waals surface area contributed by atoms with Crippen molar-refractivity contribution < 1.29 is 4.74 Å². The van der Waals surface area contributed by atoms with Crippen LogP contribution in [-0.4, -0.2) is 24.2 Å². The van der Waals surface area contributed by atoms with Crippen LogP contribution in [0.25, 0.3) is 0 Å². The van der Waals surface area contributed by atoms with E-state index in [-0.39, 0.29) is 0 Å². The van der Waals surface area contributed by atoms with E-state index in [1.165, 1.54) is 0 Å². The number of thiazole rings is 1. The molecule has 0 unspecified atom stereocenters. The Hall–Kier alpha value is -0.610. The number of nitrogens with one attached hydrogen (secondary N) is 1. The van der Waals surface area contributed by atoms with Crippen LogP contribution in [0.1, 0.15) is 26.5 Å². The number of hydrogen-bond donors (Lipinski definition) is 1. The molecule has 0 bridgehead atoms. The molecule has 1 aromatic heterocycles. The van der Waals surface area contributed by atoms with Gasteiger partial charge in [-0.05, 0) is 6.92 Å². The van der Waals surface area contributed by atoms with Gasteiger partial charge in [-0.25, -0.2) is 4.98 Å². The number of ether oxygens (including phenoxy) is 1. The zero-order valence-corrected chi connectivity index (χ0v) is 9.86. The molecule has 0 spiro atoms. The summed E-state index contributed by atoms with van der Waals surface area (Å²) in [5.74, 6) is 0. The van der Waals surface area contributed by atoms with E-state index in [0.29, 0.717) is 12.6 Å². The van der Waals surface area contributed by atoms with Crippen LogP contribution in [0, 0.1) is 0 Å². The molecule has 14 heavy (non-hydrogen) atoms. The molecule has 0 aliphatic rings. The molecular weight excluding hydrogens is 196 g/mol. The summed E-state index contributed by atoms with van der Waals surface area (Å²) >= 11 is 1.57. The molecule has 0 aliphatic heterocycles. The van der Waals surface area contributed by atoms with Gasteiger partial charge in [0.1, 0.15) is 0 Å². The molecule has 0 aromatic carbocycles. The molecule has 0 saturated carbocycles. The Kier molecular flexibility index (Phi) is 4.90. The first-order valence-corrected chi connectivity index (χ1v) is 5.91. The minimum Gasteiger partial charge on any atom is -0.470 e. The molecule has 0 fully saturated rings. The van der Waals surface area contributed by atoms with Crippen molar-refractivity contribution in [2.75, 3.05) is 13.2 Å². The predicted octanol–water partition coefficient (Wildman–Crippen LogP) is 2.08. The Bertz CT molecular complexity index is 260. The van der Waals surface area contributed by atoms with Crippen LogP contribution in [0.5, 0.6) is 5.19 Å². The van der Waals surface area contributed by atoms with E-state index in [0.717, 1.165) is 23.9 Å². The Balaban J connectivity index is 2.28. The van der Waals surface area contributed by atoms with E-state index >= 15 is 0 Å². The van der Waals surface area contributed by atoms with E-state index in [9.17, 15) is 0 Å². The molecule has 0 atom stereocenters. The second-order valence-electron chi connectivity index (χ2n) is 3.40. The normalized spacial score (nSPS) is 10.9. The molecule has 1 heterocycles. The Morgan fingerprint density at radius 1 is 1.57 bits per heavy atom. The first kappa shape index (κ1) is 11.5. The average Bonchev–Trinajstić information content (AvgIpc) is 2.53. The van der Waals surface area contributed by atoms with Gasteiger partial charge < -0.3 is 10.1 Å². The maximum absolute atomic E-state index is 5.30. The van der Waals surface area contributed by atoms with Crippen molar-refractivity contribution in [1.82, 2.24) is 10.3 Å². The SMILES string of the molecule is CCOc1nc(CCNC(C)C)cs1. The summed E-state index contributed by atoms with van der Waals surface area (Å²) in [6.07, 6.45) is 0.974. The monoisotopic (exact) mass is 214 g/mol. The van der Waals surface area contributed by atoms with Crippen LogP contribution in [0.2, 0.25) is 0 Å². The number of nitrogens with zero attached hydrogens (tertiary/aromatic N) is 1. The van der Waals surface area contributed by atoms with Crippen molar-refractivity contribution in [3.63, 3.8) is 0 Å². The molecule has 0 aliphatic carbocycles. The third kappa shape index (κ3) is 4.07. The second kappa shape index (κ2) is 5.98. The van der Waals surface area contributed by atoms with E-state index < -0.39 is 0 Å². The van der Waals surface area contributed by atoms with Crippen LogP contribution in [0.3, 0.4) is 0 Å². The second-order valence-corrected chi connectivity index (χ2v) is 4.22. The number of aromatic nitrogens is 1. The van der Waals surface area contributed by atoms with Crippen molar-refractivity contribution in [1.29, 1.82) is 0 Å². The van der Waals surface area contributed by atoms with Gasteiger partial charge in [0.25, 0.3) is 5.19 Å². The third-order valence-corrected chi connectivity index (χ3v) is 2.53. The lowest BCUT2D eigenvalue weighted by atomic mass is 10.3. The topological polar surface area (TPSA) is 34.1 Å². The molecule has 4 heteroatoms. The van der Waals surface area contributed by atoms with Crippen LogP contribution < -0.4 is 10.1 Å². The van der Waals surface area contributed by atoms with Crippen LogP contribution in [0.4, 0.5) is 0 Å². The molecule has 0 amide bonds. The Morgan fingerprint density at radius 3 is 3.00 bits per heavy atom. The van der Waals surface area contributed by atoms with Gasteiger partial charge in [-0.2, -0.15) is 0 Å². The summed E-state index contributed by atoms with van der Waals surface area (Å²) in [5, 5.41) is 6.21. The molecular formula is C10H18N2OS. The van der Waals surface area contributed by atoms with Crippen molar-refractivity contribution in [2.45, 2.75) is 33.2 Å². The lowest BCUT2D eigenvalue weighted by Crippen LogP contribution is -2.24. The van der Waals surface area contributed by atoms with Gasteiger partial charge in [-0.1, -0.05) is 25.2 Å². The fourth-order valence-electron chi connectivity index (χ4n) is 1.08. The van der Waals surface area contributed by atoms with Gasteiger partial charge in [0.05, 0.1) is 12.3 Å². The lowest BCUT2D eigenvalue weighted by molar-refractivity contribution is 0.337. The highest BCUT2D eigenvalue weighted by atomic mass is 32.1. The standard InChI is InChI=1S/C10H18N2OS/c1-4-13-10-12-9(7-14-10)5-6-11-8(2)3/h7-8,11H,4-6H2,1-3H3. The fraction of sp³-hybridized carbons (Fsp3) is 0.700. The maximum atomic E-state index is 5.30. The molecule has 1 N–H and O–H groups in total. The summed E-state index contributed by atoms with van der Waals surface area (Å²) in [5.41, 5.74) is 1.12. The number of rotatable bonds is 6. The largest absolute Gasteiger partial charge is 0.470 e. The van der Waals surface area contributed by atoms with E-state index in [2.05, 4.69) is 29.5 Å². The molecule has 3 nitrogen and oxygen atoms in total. The van der Waals surface area contributed by atoms with Crippen molar-refractivity contribution >= 4 is 11.3 Å². The third-order valence-electron chi connectivity index (χ3n) is 1.73. The first-order chi connectivity index (χ1) is 6.72. The van der Waals surface area contributed by atoms with Crippen LogP contribution in [0.15, 0.2) is 5.38 Å². The summed E-state index contributed by atoms with van der Waals surface area (Å²) in [6.45, 7) is 7.94. The highest BCUT2D eigenvalue weighted by Crippen LogP contribution is 2.17. The lowest BCUT2D eigenvalue weighted by Gasteiger charge is -2.05. The van der Waals surface area contributed by atoms with Crippen molar-refractivity contribution in [2.24, 2.45) is 0 Å². The van der Waals surface area contributed by atoms with Crippen LogP contribution >= 0.6 is 11.3 Å². The molecule has 0 radical (unpaired) electrons. The summed E-state index contributed by atoms with van der Waals surface area (Å²) < 4.78 is 5.30. The fourth-order valence-corrected chi connectivity index (χ4v) is 1.85. The minimum atomic E-state index is 0.542. The zero-order chi connectivity index (χ0) is 10.4. The summed E-state index contributed by atoms with van der Waals surface area (Å²) in [7, 11) is 0. The van der Waals surface area contributed by atoms with Gasteiger partial charge in [-0.15, -0.1) is 0 Å². The Morgan fingerprint density at radius 2 is 2.36 bits per heavy atom. The van der Waals surface area contributed by atoms with Gasteiger partial charge >= 0.3 is 0 Å². The molecule has 80 valence electrons. The zero-order valence-electron chi connectivity index (χ0n) is 9.04. The quantitative estimate of drug-likeness (QED) is 0.787. The van der Waals surface area contributed by atoms with Gasteiger partial charge in [0, 0.05) is 24.4 Å². The average molecular weight is 214 g/mol. The van der Waals surface area contributed by atoms with E-state index in [1.807, 2.05) is 6.92 Å². The smallest absolute Gasteiger partial charge is 0.273 e. The van der Waals surface area contributed by atoms with Crippen molar-refractivity contribution in [3.05, 3.63) is 11.1 Å². The summed E-state index contributed by atoms with van der Waals surface area (Å²) in [4.78, 5) is 4.35. The highest BCUT2D eigenvalue weighted by Gasteiger charge is 2.02. The minimum absolute atomic E-state index is 0.542.